The first-order valence-corrected chi connectivity index (χ1v) is 10.8. The summed E-state index contributed by atoms with van der Waals surface area (Å²) in [5.74, 6) is 0.772. The predicted molar refractivity (Wildman–Crippen MR) is 118 cm³/mol. The average molecular weight is 421 g/mol. The van der Waals surface area contributed by atoms with E-state index < -0.39 is 0 Å². The Bertz CT molecular complexity index is 1020. The van der Waals surface area contributed by atoms with Crippen molar-refractivity contribution < 1.29 is 14.3 Å². The summed E-state index contributed by atoms with van der Waals surface area (Å²) in [5, 5.41) is 3.58. The van der Waals surface area contributed by atoms with E-state index in [1.54, 1.807) is 6.26 Å². The molecule has 4 rings (SSSR count). The first-order chi connectivity index (χ1) is 14.7. The van der Waals surface area contributed by atoms with Crippen LogP contribution in [-0.2, 0) is 27.1 Å². The second-order valence-electron chi connectivity index (χ2n) is 7.19. The monoisotopic (exact) mass is 420 g/mol. The van der Waals surface area contributed by atoms with Gasteiger partial charge in [-0.3, -0.25) is 4.79 Å². The summed E-state index contributed by atoms with van der Waals surface area (Å²) in [4.78, 5) is 18.1. The molecule has 1 unspecified atom stereocenters. The van der Waals surface area contributed by atoms with E-state index in [4.69, 9.17) is 9.47 Å². The van der Waals surface area contributed by atoms with E-state index in [1.807, 2.05) is 55.5 Å². The van der Waals surface area contributed by atoms with E-state index in [2.05, 4.69) is 22.4 Å². The van der Waals surface area contributed by atoms with Gasteiger partial charge < -0.3 is 14.8 Å². The van der Waals surface area contributed by atoms with Crippen LogP contribution in [0.25, 0.3) is 0 Å². The molecule has 5 nitrogen and oxygen atoms in total. The van der Waals surface area contributed by atoms with Crippen LogP contribution < -0.4 is 5.32 Å². The number of hydrogen-bond acceptors (Lipinski definition) is 5. The minimum Gasteiger partial charge on any atom is -0.462 e. The SMILES string of the molecule is Cc1nc(NC(=O)CCc2ccccc2)sc1C(Cc1ccccc1)C1=COCO1. The number of ether oxygens (including phenoxy) is 2. The van der Waals surface area contributed by atoms with E-state index in [-0.39, 0.29) is 18.6 Å². The third-order valence-corrected chi connectivity index (χ3v) is 6.18. The Balaban J connectivity index is 1.47. The van der Waals surface area contributed by atoms with Gasteiger partial charge in [0, 0.05) is 11.3 Å². The molecule has 1 atom stereocenters. The summed E-state index contributed by atoms with van der Waals surface area (Å²) >= 11 is 1.50. The summed E-state index contributed by atoms with van der Waals surface area (Å²) in [5.41, 5.74) is 3.26. The number of nitrogens with one attached hydrogen (secondary N) is 1. The largest absolute Gasteiger partial charge is 0.462 e. The van der Waals surface area contributed by atoms with Crippen LogP contribution in [0.5, 0.6) is 0 Å². The molecule has 0 fully saturated rings. The lowest BCUT2D eigenvalue weighted by Crippen LogP contribution is -2.12. The summed E-state index contributed by atoms with van der Waals surface area (Å²) in [6.07, 6.45) is 3.59. The second kappa shape index (κ2) is 9.59. The topological polar surface area (TPSA) is 60.5 Å². The zero-order chi connectivity index (χ0) is 20.8. The molecule has 0 saturated heterocycles. The van der Waals surface area contributed by atoms with Crippen molar-refractivity contribution in [1.29, 1.82) is 0 Å². The molecule has 0 radical (unpaired) electrons. The molecule has 3 aromatic rings. The fraction of sp³-hybridized carbons (Fsp3) is 0.250. The molecular formula is C24H24N2O3S. The lowest BCUT2D eigenvalue weighted by Gasteiger charge is -2.16. The maximum Gasteiger partial charge on any atom is 0.229 e. The van der Waals surface area contributed by atoms with Crippen molar-refractivity contribution >= 4 is 22.4 Å². The molecule has 2 heterocycles. The van der Waals surface area contributed by atoms with Crippen LogP contribution >= 0.6 is 11.3 Å². The van der Waals surface area contributed by atoms with Gasteiger partial charge in [-0.15, -0.1) is 11.3 Å². The van der Waals surface area contributed by atoms with E-state index >= 15 is 0 Å². The number of benzene rings is 2. The molecule has 154 valence electrons. The number of amides is 1. The van der Waals surface area contributed by atoms with Crippen LogP contribution in [0.4, 0.5) is 5.13 Å². The van der Waals surface area contributed by atoms with E-state index in [0.29, 0.717) is 18.0 Å². The maximum absolute atomic E-state index is 12.4. The molecule has 1 aromatic heterocycles. The lowest BCUT2D eigenvalue weighted by atomic mass is 9.95. The maximum atomic E-state index is 12.4. The molecule has 0 spiro atoms. The van der Waals surface area contributed by atoms with Crippen molar-refractivity contribution in [3.63, 3.8) is 0 Å². The molecule has 6 heteroatoms. The van der Waals surface area contributed by atoms with Gasteiger partial charge in [0.25, 0.3) is 0 Å². The van der Waals surface area contributed by atoms with Crippen molar-refractivity contribution in [2.45, 2.75) is 32.1 Å². The normalized spacial score (nSPS) is 13.8. The van der Waals surface area contributed by atoms with Gasteiger partial charge in [0.15, 0.2) is 5.13 Å². The number of nitrogens with zero attached hydrogens (tertiary/aromatic N) is 1. The lowest BCUT2D eigenvalue weighted by molar-refractivity contribution is -0.116. The number of hydrogen-bond donors (Lipinski definition) is 1. The Morgan fingerprint density at radius 2 is 1.80 bits per heavy atom. The van der Waals surface area contributed by atoms with Crippen LogP contribution in [0.1, 0.15) is 34.0 Å². The molecule has 1 N–H and O–H groups in total. The van der Waals surface area contributed by atoms with Crippen molar-refractivity contribution in [2.24, 2.45) is 0 Å². The fourth-order valence-electron chi connectivity index (χ4n) is 3.48. The second-order valence-corrected chi connectivity index (χ2v) is 8.22. The van der Waals surface area contributed by atoms with Crippen LogP contribution in [0.15, 0.2) is 72.7 Å². The molecule has 0 bridgehead atoms. The molecular weight excluding hydrogens is 396 g/mol. The Morgan fingerprint density at radius 1 is 1.10 bits per heavy atom. The highest BCUT2D eigenvalue weighted by Gasteiger charge is 2.27. The van der Waals surface area contributed by atoms with Crippen LogP contribution in [0, 0.1) is 6.92 Å². The predicted octanol–water partition coefficient (Wildman–Crippen LogP) is 5.19. The number of anilines is 1. The average Bonchev–Trinajstić information content (AvgIpc) is 3.42. The van der Waals surface area contributed by atoms with Gasteiger partial charge in [0.1, 0.15) is 12.0 Å². The first-order valence-electron chi connectivity index (χ1n) is 9.98. The smallest absolute Gasteiger partial charge is 0.229 e. The van der Waals surface area contributed by atoms with Crippen molar-refractivity contribution in [1.82, 2.24) is 4.98 Å². The van der Waals surface area contributed by atoms with Crippen LogP contribution in [-0.4, -0.2) is 17.7 Å². The number of aryl methyl sites for hydroxylation is 2. The van der Waals surface area contributed by atoms with E-state index in [9.17, 15) is 4.79 Å². The van der Waals surface area contributed by atoms with E-state index in [0.717, 1.165) is 28.3 Å². The standard InChI is InChI=1S/C24H24N2O3S/c1-17-23(20(21-15-28-16-29-21)14-19-10-6-3-7-11-19)30-24(25-17)26-22(27)13-12-18-8-4-2-5-9-18/h2-11,15,20H,12-14,16H2,1H3,(H,25,26,27). The van der Waals surface area contributed by atoms with Gasteiger partial charge in [-0.05, 0) is 30.9 Å². The number of allylic oxidation sites excluding steroid dienone is 1. The van der Waals surface area contributed by atoms with Gasteiger partial charge >= 0.3 is 0 Å². The van der Waals surface area contributed by atoms with Gasteiger partial charge in [-0.25, -0.2) is 4.98 Å². The quantitative estimate of drug-likeness (QED) is 0.544. The Labute approximate surface area is 180 Å². The molecule has 30 heavy (non-hydrogen) atoms. The number of rotatable bonds is 8. The van der Waals surface area contributed by atoms with Crippen LogP contribution in [0.3, 0.4) is 0 Å². The van der Waals surface area contributed by atoms with Gasteiger partial charge in [0.2, 0.25) is 12.7 Å². The molecule has 0 saturated carbocycles. The summed E-state index contributed by atoms with van der Waals surface area (Å²) in [6.45, 7) is 2.21. The zero-order valence-corrected chi connectivity index (χ0v) is 17.7. The van der Waals surface area contributed by atoms with Crippen molar-refractivity contribution in [2.75, 3.05) is 12.1 Å². The number of aromatic nitrogens is 1. The van der Waals surface area contributed by atoms with Crippen molar-refractivity contribution in [3.8, 4) is 0 Å². The minimum absolute atomic E-state index is 0.00220. The zero-order valence-electron chi connectivity index (χ0n) is 16.8. The third-order valence-electron chi connectivity index (χ3n) is 5.00. The minimum atomic E-state index is -0.0292. The van der Waals surface area contributed by atoms with Crippen LogP contribution in [0.2, 0.25) is 0 Å². The fourth-order valence-corrected chi connectivity index (χ4v) is 4.57. The van der Waals surface area contributed by atoms with Crippen molar-refractivity contribution in [3.05, 3.63) is 94.4 Å². The Kier molecular flexibility index (Phi) is 6.44. The molecule has 2 aromatic carbocycles. The molecule has 0 aliphatic carbocycles. The third kappa shape index (κ3) is 5.07. The summed E-state index contributed by atoms with van der Waals surface area (Å²) in [7, 11) is 0. The summed E-state index contributed by atoms with van der Waals surface area (Å²) in [6, 6.07) is 20.3. The Hall–Kier alpha value is -3.12. The highest BCUT2D eigenvalue weighted by molar-refractivity contribution is 7.16. The number of carbonyl (C=O) groups is 1. The van der Waals surface area contributed by atoms with Gasteiger partial charge in [-0.1, -0.05) is 60.7 Å². The number of thiazole rings is 1. The van der Waals surface area contributed by atoms with E-state index in [1.165, 1.54) is 16.9 Å². The highest BCUT2D eigenvalue weighted by atomic mass is 32.1. The van der Waals surface area contributed by atoms with Gasteiger partial charge in [0.05, 0.1) is 11.6 Å². The molecule has 1 amide bonds. The summed E-state index contributed by atoms with van der Waals surface area (Å²) < 4.78 is 11.0. The van der Waals surface area contributed by atoms with Gasteiger partial charge in [-0.2, -0.15) is 0 Å². The highest BCUT2D eigenvalue weighted by Crippen LogP contribution is 2.38. The Morgan fingerprint density at radius 3 is 2.47 bits per heavy atom. The first kappa shape index (κ1) is 20.2. The number of carbonyl (C=O) groups excluding carboxylic acids is 1. The molecule has 1 aliphatic rings. The molecule has 1 aliphatic heterocycles.